The van der Waals surface area contributed by atoms with Gasteiger partial charge in [-0.1, -0.05) is 34.1 Å². The molecule has 0 saturated heterocycles. The average Bonchev–Trinajstić information content (AvgIpc) is 2.23. The van der Waals surface area contributed by atoms with Crippen LogP contribution in [0.4, 0.5) is 0 Å². The largest absolute Gasteiger partial charge is 0.390 e. The first-order valence-electron chi connectivity index (χ1n) is 5.45. The molecule has 4 N–H and O–H groups in total. The van der Waals surface area contributed by atoms with Crippen molar-refractivity contribution in [2.24, 2.45) is 11.8 Å². The molecule has 0 rings (SSSR count). The Labute approximate surface area is 91.5 Å². The molecule has 90 valence electrons. The third-order valence-corrected chi connectivity index (χ3v) is 2.84. The number of hydrogen-bond donors (Lipinski definition) is 4. The van der Waals surface area contributed by atoms with Gasteiger partial charge < -0.3 is 20.7 Å². The fraction of sp³-hybridized carbons (Fsp3) is 0.909. The number of rotatable bonds is 6. The Bertz CT molecular complexity index is 206. The lowest BCUT2D eigenvalue weighted by molar-refractivity contribution is -0.0584. The highest BCUT2D eigenvalue weighted by Crippen LogP contribution is 2.15. The third kappa shape index (κ3) is 3.89. The van der Waals surface area contributed by atoms with Gasteiger partial charge in [-0.15, -0.1) is 0 Å². The Morgan fingerprint density at radius 3 is 1.87 bits per heavy atom. The van der Waals surface area contributed by atoms with Crippen LogP contribution in [0.15, 0.2) is 0 Å². The van der Waals surface area contributed by atoms with Gasteiger partial charge in [0, 0.05) is 5.71 Å². The van der Waals surface area contributed by atoms with Crippen molar-refractivity contribution in [3.63, 3.8) is 0 Å². The van der Waals surface area contributed by atoms with Gasteiger partial charge in [-0.25, -0.2) is 0 Å². The van der Waals surface area contributed by atoms with Gasteiger partial charge in [0.05, 0.1) is 6.10 Å². The van der Waals surface area contributed by atoms with Crippen LogP contribution in [-0.4, -0.2) is 39.3 Å². The van der Waals surface area contributed by atoms with E-state index in [0.717, 1.165) is 6.42 Å². The fourth-order valence-electron chi connectivity index (χ4n) is 1.29. The summed E-state index contributed by atoms with van der Waals surface area (Å²) in [5.41, 5.74) is 0.0600. The van der Waals surface area contributed by atoms with E-state index in [0.29, 0.717) is 0 Å². The van der Waals surface area contributed by atoms with E-state index in [4.69, 9.17) is 5.41 Å². The molecule has 4 heteroatoms. The summed E-state index contributed by atoms with van der Waals surface area (Å²) in [5.74, 6) is -0.214. The molecule has 0 spiro atoms. The summed E-state index contributed by atoms with van der Waals surface area (Å²) in [4.78, 5) is 0. The lowest BCUT2D eigenvalue weighted by Crippen LogP contribution is -2.45. The van der Waals surface area contributed by atoms with Gasteiger partial charge in [-0.05, 0) is 11.8 Å². The Kier molecular flexibility index (Phi) is 6.02. The summed E-state index contributed by atoms with van der Waals surface area (Å²) >= 11 is 0. The van der Waals surface area contributed by atoms with Crippen LogP contribution in [0.25, 0.3) is 0 Å². The Balaban J connectivity index is 4.43. The van der Waals surface area contributed by atoms with Gasteiger partial charge in [-0.3, -0.25) is 0 Å². The number of aliphatic hydroxyl groups excluding tert-OH is 3. The van der Waals surface area contributed by atoms with Crippen LogP contribution in [0.3, 0.4) is 0 Å². The molecule has 4 unspecified atom stereocenters. The van der Waals surface area contributed by atoms with E-state index in [2.05, 4.69) is 0 Å². The van der Waals surface area contributed by atoms with E-state index in [1.54, 1.807) is 20.8 Å². The molecule has 0 saturated carbocycles. The monoisotopic (exact) mass is 217 g/mol. The summed E-state index contributed by atoms with van der Waals surface area (Å²) in [6, 6.07) is 0. The number of hydrogen-bond acceptors (Lipinski definition) is 4. The van der Waals surface area contributed by atoms with E-state index in [1.807, 2.05) is 6.92 Å². The second-order valence-electron chi connectivity index (χ2n) is 4.42. The summed E-state index contributed by atoms with van der Waals surface area (Å²) < 4.78 is 0. The first-order chi connectivity index (χ1) is 6.82. The molecule has 0 aliphatic heterocycles. The van der Waals surface area contributed by atoms with E-state index < -0.39 is 18.3 Å². The smallest absolute Gasteiger partial charge is 0.120 e. The molecule has 0 fully saturated rings. The molecule has 0 aromatic carbocycles. The van der Waals surface area contributed by atoms with E-state index in [1.165, 1.54) is 0 Å². The molecular weight excluding hydrogens is 194 g/mol. The normalized spacial score (nSPS) is 19.7. The van der Waals surface area contributed by atoms with Crippen LogP contribution in [0, 0.1) is 17.2 Å². The van der Waals surface area contributed by atoms with Crippen molar-refractivity contribution < 1.29 is 15.3 Å². The molecule has 0 radical (unpaired) electrons. The Morgan fingerprint density at radius 2 is 1.53 bits per heavy atom. The summed E-state index contributed by atoms with van der Waals surface area (Å²) in [7, 11) is 0. The summed E-state index contributed by atoms with van der Waals surface area (Å²) in [5, 5.41) is 36.5. The highest BCUT2D eigenvalue weighted by atomic mass is 16.4. The van der Waals surface area contributed by atoms with Crippen LogP contribution in [0.5, 0.6) is 0 Å². The zero-order valence-corrected chi connectivity index (χ0v) is 9.94. The minimum atomic E-state index is -1.27. The van der Waals surface area contributed by atoms with Crippen molar-refractivity contribution in [1.29, 1.82) is 5.41 Å². The third-order valence-electron chi connectivity index (χ3n) is 2.84. The quantitative estimate of drug-likeness (QED) is 0.496. The van der Waals surface area contributed by atoms with Crippen LogP contribution >= 0.6 is 0 Å². The van der Waals surface area contributed by atoms with Gasteiger partial charge in [0.15, 0.2) is 0 Å². The fourth-order valence-corrected chi connectivity index (χ4v) is 1.29. The van der Waals surface area contributed by atoms with E-state index in [-0.39, 0.29) is 17.5 Å². The van der Waals surface area contributed by atoms with Crippen molar-refractivity contribution >= 4 is 5.71 Å². The minimum Gasteiger partial charge on any atom is -0.390 e. The molecule has 4 nitrogen and oxygen atoms in total. The predicted octanol–water partition coefficient (Wildman–Crippen LogP) is 0.791. The molecule has 0 amide bonds. The van der Waals surface area contributed by atoms with Gasteiger partial charge in [-0.2, -0.15) is 0 Å². The SMILES string of the molecule is CCC(C)C(O)C(O)C(O)C(=N)C(C)C. The van der Waals surface area contributed by atoms with Gasteiger partial charge in [0.1, 0.15) is 12.2 Å². The Hall–Kier alpha value is -0.450. The summed E-state index contributed by atoms with van der Waals surface area (Å²) in [6.07, 6.45) is -2.80. The van der Waals surface area contributed by atoms with Crippen molar-refractivity contribution in [1.82, 2.24) is 0 Å². The topological polar surface area (TPSA) is 84.5 Å². The first-order valence-corrected chi connectivity index (χ1v) is 5.45. The van der Waals surface area contributed by atoms with Crippen LogP contribution in [-0.2, 0) is 0 Å². The van der Waals surface area contributed by atoms with Crippen LogP contribution in [0.2, 0.25) is 0 Å². The highest BCUT2D eigenvalue weighted by molar-refractivity contribution is 5.87. The number of nitrogens with one attached hydrogen (secondary N) is 1. The van der Waals surface area contributed by atoms with Crippen LogP contribution in [0.1, 0.15) is 34.1 Å². The molecule has 0 aromatic heterocycles. The maximum absolute atomic E-state index is 9.68. The molecule has 0 bridgehead atoms. The summed E-state index contributed by atoms with van der Waals surface area (Å²) in [6.45, 7) is 7.25. The standard InChI is InChI=1S/C11H23NO3/c1-5-7(4)9(13)11(15)10(14)8(12)6(2)3/h6-7,9-15H,5H2,1-4H3. The lowest BCUT2D eigenvalue weighted by Gasteiger charge is -2.28. The molecule has 0 heterocycles. The van der Waals surface area contributed by atoms with Crippen molar-refractivity contribution in [3.05, 3.63) is 0 Å². The molecule has 0 aromatic rings. The van der Waals surface area contributed by atoms with Crippen molar-refractivity contribution in [3.8, 4) is 0 Å². The van der Waals surface area contributed by atoms with Crippen molar-refractivity contribution in [2.45, 2.75) is 52.4 Å². The highest BCUT2D eigenvalue weighted by Gasteiger charge is 2.31. The number of aliphatic hydroxyl groups is 3. The molecule has 0 aliphatic rings. The lowest BCUT2D eigenvalue weighted by atomic mass is 9.90. The van der Waals surface area contributed by atoms with Gasteiger partial charge in [0.2, 0.25) is 0 Å². The minimum absolute atomic E-state index is 0.0600. The average molecular weight is 217 g/mol. The van der Waals surface area contributed by atoms with Crippen molar-refractivity contribution in [2.75, 3.05) is 0 Å². The molecule has 15 heavy (non-hydrogen) atoms. The van der Waals surface area contributed by atoms with Gasteiger partial charge >= 0.3 is 0 Å². The first kappa shape index (κ1) is 14.6. The Morgan fingerprint density at radius 1 is 1.07 bits per heavy atom. The predicted molar refractivity (Wildman–Crippen MR) is 60.0 cm³/mol. The molecule has 0 aliphatic carbocycles. The maximum atomic E-state index is 9.68. The maximum Gasteiger partial charge on any atom is 0.120 e. The van der Waals surface area contributed by atoms with E-state index in [9.17, 15) is 15.3 Å². The molecule has 4 atom stereocenters. The zero-order chi connectivity index (χ0) is 12.2. The zero-order valence-electron chi connectivity index (χ0n) is 9.94. The van der Waals surface area contributed by atoms with E-state index >= 15 is 0 Å². The van der Waals surface area contributed by atoms with Gasteiger partial charge in [0.25, 0.3) is 0 Å². The second-order valence-corrected chi connectivity index (χ2v) is 4.42. The second kappa shape index (κ2) is 6.20. The van der Waals surface area contributed by atoms with Crippen LogP contribution < -0.4 is 0 Å². The molecular formula is C11H23NO3.